The van der Waals surface area contributed by atoms with E-state index in [0.717, 1.165) is 75.6 Å². The molecule has 2 fully saturated rings. The number of hydrogen-bond acceptors (Lipinski definition) is 4. The van der Waals surface area contributed by atoms with E-state index >= 15 is 0 Å². The van der Waals surface area contributed by atoms with Gasteiger partial charge in [-0.25, -0.2) is 0 Å². The van der Waals surface area contributed by atoms with Crippen LogP contribution in [0.2, 0.25) is 0 Å². The summed E-state index contributed by atoms with van der Waals surface area (Å²) in [5.41, 5.74) is 4.99. The van der Waals surface area contributed by atoms with Gasteiger partial charge in [-0.2, -0.15) is 0 Å². The normalized spacial score (nSPS) is 21.2. The van der Waals surface area contributed by atoms with Crippen molar-refractivity contribution in [3.8, 4) is 5.75 Å². The summed E-state index contributed by atoms with van der Waals surface area (Å²) in [5, 5.41) is 0. The van der Waals surface area contributed by atoms with Gasteiger partial charge in [0.05, 0.1) is 12.7 Å². The van der Waals surface area contributed by atoms with Gasteiger partial charge in [0.1, 0.15) is 5.75 Å². The zero-order chi connectivity index (χ0) is 23.5. The van der Waals surface area contributed by atoms with E-state index in [4.69, 9.17) is 9.47 Å². The third-order valence-electron chi connectivity index (χ3n) is 7.90. The predicted molar refractivity (Wildman–Crippen MR) is 134 cm³/mol. The van der Waals surface area contributed by atoms with Gasteiger partial charge in [0, 0.05) is 45.4 Å². The molecule has 2 aromatic carbocycles. The molecule has 0 unspecified atom stereocenters. The van der Waals surface area contributed by atoms with E-state index in [1.54, 1.807) is 0 Å². The molecular weight excluding hydrogens is 424 g/mol. The molecule has 0 spiro atoms. The molecular formula is C29H38N2O3. The summed E-state index contributed by atoms with van der Waals surface area (Å²) >= 11 is 0. The fraction of sp³-hybridized carbons (Fsp3) is 0.552. The number of methoxy groups -OCH3 is 1. The lowest BCUT2D eigenvalue weighted by atomic mass is 9.86. The Morgan fingerprint density at radius 1 is 1.00 bits per heavy atom. The number of likely N-dealkylation sites (tertiary alicyclic amines) is 1. The van der Waals surface area contributed by atoms with Crippen LogP contribution in [0.5, 0.6) is 5.75 Å². The Hall–Kier alpha value is -2.37. The van der Waals surface area contributed by atoms with Crippen molar-refractivity contribution in [1.29, 1.82) is 0 Å². The number of ether oxygens (including phenoxy) is 2. The molecule has 2 aromatic rings. The van der Waals surface area contributed by atoms with Crippen LogP contribution < -0.4 is 4.74 Å². The number of fused-ring (bicyclic) bond motifs is 1. The molecule has 0 N–H and O–H groups in total. The highest BCUT2D eigenvalue weighted by Gasteiger charge is 2.27. The first kappa shape index (κ1) is 23.4. The molecule has 1 heterocycles. The number of rotatable bonds is 8. The summed E-state index contributed by atoms with van der Waals surface area (Å²) in [6, 6.07) is 14.9. The number of amides is 1. The van der Waals surface area contributed by atoms with Crippen molar-refractivity contribution in [1.82, 2.24) is 9.80 Å². The third kappa shape index (κ3) is 5.64. The van der Waals surface area contributed by atoms with Crippen molar-refractivity contribution in [2.24, 2.45) is 5.92 Å². The molecule has 1 amide bonds. The summed E-state index contributed by atoms with van der Waals surface area (Å²) in [4.78, 5) is 17.6. The molecule has 5 nitrogen and oxygen atoms in total. The molecule has 3 aliphatic rings. The van der Waals surface area contributed by atoms with E-state index in [0.29, 0.717) is 6.10 Å². The Morgan fingerprint density at radius 3 is 2.47 bits per heavy atom. The molecule has 1 saturated heterocycles. The zero-order valence-corrected chi connectivity index (χ0v) is 20.7. The number of benzene rings is 2. The topological polar surface area (TPSA) is 42.0 Å². The summed E-state index contributed by atoms with van der Waals surface area (Å²) in [6.45, 7) is 4.03. The quantitative estimate of drug-likeness (QED) is 0.570. The van der Waals surface area contributed by atoms with E-state index in [9.17, 15) is 4.79 Å². The third-order valence-corrected chi connectivity index (χ3v) is 7.90. The minimum absolute atomic E-state index is 0.0956. The Labute approximate surface area is 204 Å². The largest absolute Gasteiger partial charge is 0.493 e. The number of piperidine rings is 1. The molecule has 5 heteroatoms. The van der Waals surface area contributed by atoms with Gasteiger partial charge in [0.25, 0.3) is 5.91 Å². The zero-order valence-electron chi connectivity index (χ0n) is 20.7. The lowest BCUT2D eigenvalue weighted by molar-refractivity contribution is 0.0388. The van der Waals surface area contributed by atoms with Gasteiger partial charge in [0.2, 0.25) is 0 Å². The van der Waals surface area contributed by atoms with Crippen LogP contribution in [0.4, 0.5) is 0 Å². The van der Waals surface area contributed by atoms with E-state index in [1.165, 1.54) is 29.5 Å². The van der Waals surface area contributed by atoms with Crippen molar-refractivity contribution in [3.63, 3.8) is 0 Å². The van der Waals surface area contributed by atoms with Crippen LogP contribution in [0.1, 0.15) is 59.2 Å². The van der Waals surface area contributed by atoms with Crippen LogP contribution in [0.25, 0.3) is 0 Å². The molecule has 2 aliphatic carbocycles. The second-order valence-electron chi connectivity index (χ2n) is 10.4. The number of aryl methyl sites for hydroxylation is 1. The first-order valence-corrected chi connectivity index (χ1v) is 12.9. The number of carbonyl (C=O) groups excluding carboxylic acids is 1. The molecule has 34 heavy (non-hydrogen) atoms. The van der Waals surface area contributed by atoms with Crippen LogP contribution in [0, 0.1) is 5.92 Å². The fourth-order valence-corrected chi connectivity index (χ4v) is 5.34. The second-order valence-corrected chi connectivity index (χ2v) is 10.4. The standard InChI is InChI=1S/C29H38N2O3/c1-30(29(32)23-8-11-28(12-9-23)34-20-21-3-4-21)26-10-7-24-17-22(5-6-25(24)18-26)19-31-15-13-27(33-2)14-16-31/h5-6,8-9,11-12,17,21,26-27H,3-4,7,10,13-16,18-20H2,1-2H3/t26-/m0/s1. The molecule has 1 aliphatic heterocycles. The van der Waals surface area contributed by atoms with Gasteiger partial charge in [-0.15, -0.1) is 0 Å². The fourth-order valence-electron chi connectivity index (χ4n) is 5.34. The average molecular weight is 463 g/mol. The highest BCUT2D eigenvalue weighted by molar-refractivity contribution is 5.94. The van der Waals surface area contributed by atoms with Crippen LogP contribution >= 0.6 is 0 Å². The average Bonchev–Trinajstić information content (AvgIpc) is 3.72. The van der Waals surface area contributed by atoms with Crippen LogP contribution in [-0.2, 0) is 24.1 Å². The van der Waals surface area contributed by atoms with Crippen molar-refractivity contribution in [2.45, 2.75) is 63.6 Å². The molecule has 1 saturated carbocycles. The number of hydrogen-bond donors (Lipinski definition) is 0. The minimum Gasteiger partial charge on any atom is -0.493 e. The van der Waals surface area contributed by atoms with Crippen molar-refractivity contribution >= 4 is 5.91 Å². The van der Waals surface area contributed by atoms with E-state index in [-0.39, 0.29) is 11.9 Å². The van der Waals surface area contributed by atoms with Crippen LogP contribution in [0.3, 0.4) is 0 Å². The first-order valence-electron chi connectivity index (χ1n) is 12.9. The van der Waals surface area contributed by atoms with Gasteiger partial charge < -0.3 is 14.4 Å². The monoisotopic (exact) mass is 462 g/mol. The van der Waals surface area contributed by atoms with Crippen molar-refractivity contribution < 1.29 is 14.3 Å². The molecule has 0 aromatic heterocycles. The van der Waals surface area contributed by atoms with Crippen LogP contribution in [0.15, 0.2) is 42.5 Å². The van der Waals surface area contributed by atoms with Gasteiger partial charge in [-0.05, 0) is 91.8 Å². The Kier molecular flexibility index (Phi) is 7.21. The maximum absolute atomic E-state index is 13.1. The SMILES string of the molecule is COC1CCN(Cc2ccc3c(c2)CC[C@H](N(C)C(=O)c2ccc(OCC4CC4)cc2)C3)CC1. The van der Waals surface area contributed by atoms with E-state index < -0.39 is 0 Å². The number of likely N-dealkylation sites (N-methyl/N-ethyl adjacent to an activating group) is 1. The van der Waals surface area contributed by atoms with Crippen molar-refractivity contribution in [2.75, 3.05) is 33.9 Å². The number of carbonyl (C=O) groups is 1. The van der Waals surface area contributed by atoms with Gasteiger partial charge in [-0.3, -0.25) is 9.69 Å². The first-order chi connectivity index (χ1) is 16.6. The van der Waals surface area contributed by atoms with Gasteiger partial charge in [0.15, 0.2) is 0 Å². The Bertz CT molecular complexity index is 977. The maximum Gasteiger partial charge on any atom is 0.253 e. The molecule has 182 valence electrons. The predicted octanol–water partition coefficient (Wildman–Crippen LogP) is 4.72. The molecule has 0 bridgehead atoms. The lowest BCUT2D eigenvalue weighted by Crippen LogP contribution is -2.40. The summed E-state index contributed by atoms with van der Waals surface area (Å²) in [5.74, 6) is 1.68. The van der Waals surface area contributed by atoms with Crippen molar-refractivity contribution in [3.05, 3.63) is 64.7 Å². The summed E-state index contributed by atoms with van der Waals surface area (Å²) < 4.78 is 11.3. The highest BCUT2D eigenvalue weighted by atomic mass is 16.5. The lowest BCUT2D eigenvalue weighted by Gasteiger charge is -2.34. The number of nitrogens with zero attached hydrogens (tertiary/aromatic N) is 2. The summed E-state index contributed by atoms with van der Waals surface area (Å²) in [7, 11) is 3.77. The van der Waals surface area contributed by atoms with Gasteiger partial charge >= 0.3 is 0 Å². The second kappa shape index (κ2) is 10.5. The Morgan fingerprint density at radius 2 is 1.76 bits per heavy atom. The van der Waals surface area contributed by atoms with E-state index in [1.807, 2.05) is 43.3 Å². The highest BCUT2D eigenvalue weighted by Crippen LogP contribution is 2.30. The molecule has 1 atom stereocenters. The smallest absolute Gasteiger partial charge is 0.253 e. The summed E-state index contributed by atoms with van der Waals surface area (Å²) in [6.07, 6.45) is 8.21. The Balaban J connectivity index is 1.16. The molecule has 0 radical (unpaired) electrons. The minimum atomic E-state index is 0.0956. The van der Waals surface area contributed by atoms with Gasteiger partial charge in [-0.1, -0.05) is 18.2 Å². The van der Waals surface area contributed by atoms with Crippen LogP contribution in [-0.4, -0.2) is 61.7 Å². The molecule has 5 rings (SSSR count). The maximum atomic E-state index is 13.1. The van der Waals surface area contributed by atoms with E-state index in [2.05, 4.69) is 23.1 Å².